The van der Waals surface area contributed by atoms with E-state index >= 15 is 0 Å². The Hall–Kier alpha value is -1.61. The van der Waals surface area contributed by atoms with Crippen molar-refractivity contribution >= 4 is 0 Å². The Morgan fingerprint density at radius 3 is 2.93 bits per heavy atom. The largest absolute Gasteiger partial charge is 0.364 e. The molecule has 0 aromatic carbocycles. The molecule has 3 nitrogen and oxygen atoms in total. The summed E-state index contributed by atoms with van der Waals surface area (Å²) in [6.45, 7) is 1.84. The average Bonchev–Trinajstić information content (AvgIpc) is 2.79. The minimum absolute atomic E-state index is 0.889. The lowest BCUT2D eigenvalue weighted by atomic mass is 10.3. The van der Waals surface area contributed by atoms with Gasteiger partial charge in [0.05, 0.1) is 0 Å². The molecule has 0 bridgehead atoms. The topological polar surface area (TPSA) is 40.7 Å². The first-order chi connectivity index (χ1) is 7.45. The van der Waals surface area contributed by atoms with Crippen LogP contribution < -0.4 is 5.32 Å². The molecule has 78 valence electrons. The van der Waals surface area contributed by atoms with Crippen molar-refractivity contribution in [2.45, 2.75) is 13.0 Å². The first kappa shape index (κ1) is 9.93. The van der Waals surface area contributed by atoms with Crippen molar-refractivity contribution in [2.24, 2.45) is 0 Å². The highest BCUT2D eigenvalue weighted by Gasteiger charge is 1.94. The van der Waals surface area contributed by atoms with Crippen LogP contribution in [0.15, 0.2) is 42.7 Å². The highest BCUT2D eigenvalue weighted by molar-refractivity contribution is 5.05. The van der Waals surface area contributed by atoms with Crippen LogP contribution in [-0.2, 0) is 13.0 Å². The van der Waals surface area contributed by atoms with Gasteiger partial charge in [0.25, 0.3) is 0 Å². The van der Waals surface area contributed by atoms with Crippen molar-refractivity contribution in [3.05, 3.63) is 54.1 Å². The fourth-order valence-corrected chi connectivity index (χ4v) is 1.46. The molecule has 0 radical (unpaired) electrons. The van der Waals surface area contributed by atoms with E-state index in [1.165, 1.54) is 5.69 Å². The van der Waals surface area contributed by atoms with Gasteiger partial charge in [0.1, 0.15) is 0 Å². The molecule has 0 saturated heterocycles. The van der Waals surface area contributed by atoms with Gasteiger partial charge in [0, 0.05) is 43.3 Å². The third-order valence-electron chi connectivity index (χ3n) is 2.26. The molecule has 0 aliphatic heterocycles. The monoisotopic (exact) mass is 201 g/mol. The van der Waals surface area contributed by atoms with Gasteiger partial charge in [-0.15, -0.1) is 0 Å². The molecule has 2 aromatic heterocycles. The minimum Gasteiger partial charge on any atom is -0.364 e. The molecule has 0 aliphatic rings. The Morgan fingerprint density at radius 2 is 2.20 bits per heavy atom. The fourth-order valence-electron chi connectivity index (χ4n) is 1.46. The van der Waals surface area contributed by atoms with Crippen LogP contribution in [0, 0.1) is 0 Å². The molecular formula is C12H15N3. The zero-order chi connectivity index (χ0) is 10.3. The van der Waals surface area contributed by atoms with Crippen LogP contribution in [0.5, 0.6) is 0 Å². The maximum atomic E-state index is 4.27. The maximum Gasteiger partial charge on any atom is 0.0416 e. The first-order valence-electron chi connectivity index (χ1n) is 5.18. The van der Waals surface area contributed by atoms with E-state index < -0.39 is 0 Å². The first-order valence-corrected chi connectivity index (χ1v) is 5.18. The van der Waals surface area contributed by atoms with E-state index in [1.807, 2.05) is 30.6 Å². The number of H-pyrrole nitrogens is 1. The molecule has 0 unspecified atom stereocenters. The number of nitrogens with zero attached hydrogens (tertiary/aromatic N) is 1. The molecule has 3 heteroatoms. The number of pyridine rings is 1. The Balaban J connectivity index is 1.68. The van der Waals surface area contributed by atoms with E-state index in [9.17, 15) is 0 Å². The van der Waals surface area contributed by atoms with Crippen LogP contribution in [0.3, 0.4) is 0 Å². The molecule has 2 rings (SSSR count). The van der Waals surface area contributed by atoms with Crippen LogP contribution in [-0.4, -0.2) is 16.5 Å². The third kappa shape index (κ3) is 3.22. The number of hydrogen-bond acceptors (Lipinski definition) is 2. The van der Waals surface area contributed by atoms with Crippen LogP contribution in [0.25, 0.3) is 0 Å². The second-order valence-electron chi connectivity index (χ2n) is 3.44. The van der Waals surface area contributed by atoms with Crippen LogP contribution in [0.2, 0.25) is 0 Å². The summed E-state index contributed by atoms with van der Waals surface area (Å²) in [6.07, 6.45) is 4.75. The summed E-state index contributed by atoms with van der Waals surface area (Å²) in [4.78, 5) is 7.42. The number of rotatable bonds is 5. The highest BCUT2D eigenvalue weighted by Crippen LogP contribution is 1.95. The second kappa shape index (κ2) is 5.32. The van der Waals surface area contributed by atoms with Gasteiger partial charge in [0.15, 0.2) is 0 Å². The van der Waals surface area contributed by atoms with Crippen LogP contribution in [0.1, 0.15) is 11.4 Å². The second-order valence-corrected chi connectivity index (χ2v) is 3.44. The zero-order valence-corrected chi connectivity index (χ0v) is 8.61. The van der Waals surface area contributed by atoms with Gasteiger partial charge >= 0.3 is 0 Å². The average molecular weight is 201 g/mol. The number of nitrogens with one attached hydrogen (secondary N) is 2. The normalized spacial score (nSPS) is 10.4. The van der Waals surface area contributed by atoms with Crippen LogP contribution >= 0.6 is 0 Å². The molecule has 2 aromatic rings. The number of aromatic nitrogens is 2. The zero-order valence-electron chi connectivity index (χ0n) is 8.61. The maximum absolute atomic E-state index is 4.27. The predicted octanol–water partition coefficient (Wildman–Crippen LogP) is 1.74. The van der Waals surface area contributed by atoms with Crippen molar-refractivity contribution in [3.63, 3.8) is 0 Å². The summed E-state index contributed by atoms with van der Waals surface area (Å²) >= 11 is 0. The van der Waals surface area contributed by atoms with Gasteiger partial charge in [-0.2, -0.15) is 0 Å². The molecule has 0 atom stereocenters. The lowest BCUT2D eigenvalue weighted by Gasteiger charge is -2.02. The number of hydrogen-bond donors (Lipinski definition) is 2. The third-order valence-corrected chi connectivity index (χ3v) is 2.26. The van der Waals surface area contributed by atoms with Gasteiger partial charge in [-0.1, -0.05) is 6.07 Å². The van der Waals surface area contributed by atoms with Gasteiger partial charge in [-0.05, 0) is 24.3 Å². The van der Waals surface area contributed by atoms with Gasteiger partial charge in [0.2, 0.25) is 0 Å². The molecule has 0 amide bonds. The Bertz CT molecular complexity index is 367. The molecular weight excluding hydrogens is 186 g/mol. The predicted molar refractivity (Wildman–Crippen MR) is 60.4 cm³/mol. The van der Waals surface area contributed by atoms with Gasteiger partial charge in [-0.3, -0.25) is 4.98 Å². The lowest BCUT2D eigenvalue weighted by Crippen LogP contribution is -2.17. The lowest BCUT2D eigenvalue weighted by molar-refractivity contribution is 0.671. The Labute approximate surface area is 89.6 Å². The van der Waals surface area contributed by atoms with Gasteiger partial charge < -0.3 is 10.3 Å². The summed E-state index contributed by atoms with van der Waals surface area (Å²) in [6, 6.07) is 10.1. The fraction of sp³-hybridized carbons (Fsp3) is 0.250. The number of aromatic amines is 1. The summed E-state index contributed by atoms with van der Waals surface area (Å²) in [5, 5.41) is 3.37. The van der Waals surface area contributed by atoms with Crippen molar-refractivity contribution in [3.8, 4) is 0 Å². The molecule has 2 N–H and O–H groups in total. The molecule has 0 saturated carbocycles. The van der Waals surface area contributed by atoms with E-state index in [1.54, 1.807) is 0 Å². The highest BCUT2D eigenvalue weighted by atomic mass is 14.9. The molecule has 0 fully saturated rings. The van der Waals surface area contributed by atoms with Crippen molar-refractivity contribution in [2.75, 3.05) is 6.54 Å². The molecule has 0 spiro atoms. The van der Waals surface area contributed by atoms with Crippen molar-refractivity contribution < 1.29 is 0 Å². The van der Waals surface area contributed by atoms with E-state index in [0.717, 1.165) is 25.2 Å². The van der Waals surface area contributed by atoms with E-state index in [2.05, 4.69) is 27.4 Å². The summed E-state index contributed by atoms with van der Waals surface area (Å²) < 4.78 is 0. The molecule has 15 heavy (non-hydrogen) atoms. The van der Waals surface area contributed by atoms with Crippen molar-refractivity contribution in [1.29, 1.82) is 0 Å². The Morgan fingerprint density at radius 1 is 1.20 bits per heavy atom. The van der Waals surface area contributed by atoms with E-state index in [-0.39, 0.29) is 0 Å². The SMILES string of the molecule is c1ccc(CCNCc2ccc[nH]2)nc1. The van der Waals surface area contributed by atoms with Crippen LogP contribution in [0.4, 0.5) is 0 Å². The summed E-state index contributed by atoms with van der Waals surface area (Å²) in [5.41, 5.74) is 2.35. The summed E-state index contributed by atoms with van der Waals surface area (Å²) in [7, 11) is 0. The standard InChI is InChI=1S/C12H15N3/c1-2-7-14-11(4-1)6-9-13-10-12-5-3-8-15-12/h1-5,7-8,13,15H,6,9-10H2. The van der Waals surface area contributed by atoms with E-state index in [0.29, 0.717) is 0 Å². The quantitative estimate of drug-likeness (QED) is 0.723. The van der Waals surface area contributed by atoms with Gasteiger partial charge in [-0.25, -0.2) is 0 Å². The summed E-state index contributed by atoms with van der Waals surface area (Å²) in [5.74, 6) is 0. The Kier molecular flexibility index (Phi) is 3.52. The van der Waals surface area contributed by atoms with Crippen molar-refractivity contribution in [1.82, 2.24) is 15.3 Å². The molecule has 0 aliphatic carbocycles. The smallest absolute Gasteiger partial charge is 0.0416 e. The molecule has 2 heterocycles. The minimum atomic E-state index is 0.889. The van der Waals surface area contributed by atoms with E-state index in [4.69, 9.17) is 0 Å².